The van der Waals surface area contributed by atoms with Crippen molar-refractivity contribution < 1.29 is 22.0 Å². The van der Waals surface area contributed by atoms with Crippen LogP contribution in [-0.4, -0.2) is 59.9 Å². The number of carbonyl (C=O) groups is 1. The molecule has 1 saturated heterocycles. The van der Waals surface area contributed by atoms with Crippen molar-refractivity contribution in [3.63, 3.8) is 0 Å². The predicted molar refractivity (Wildman–Crippen MR) is 140 cm³/mol. The molecular weight excluding hydrogens is 522 g/mol. The Labute approximate surface area is 218 Å². The van der Waals surface area contributed by atoms with Crippen molar-refractivity contribution in [1.29, 1.82) is 0 Å². The summed E-state index contributed by atoms with van der Waals surface area (Å²) in [6.45, 7) is 3.08. The Kier molecular flexibility index (Phi) is 8.35. The number of nitrogens with two attached hydrogens (primary N) is 1. The highest BCUT2D eigenvalue weighted by Crippen LogP contribution is 2.30. The van der Waals surface area contributed by atoms with Crippen LogP contribution in [0.2, 0.25) is 0 Å². The summed E-state index contributed by atoms with van der Waals surface area (Å²) in [5.74, 6) is -2.17. The van der Waals surface area contributed by atoms with Crippen molar-refractivity contribution in [1.82, 2.24) is 14.3 Å². The van der Waals surface area contributed by atoms with Crippen LogP contribution in [0.5, 0.6) is 0 Å². The summed E-state index contributed by atoms with van der Waals surface area (Å²) in [6.07, 6.45) is 1.53. The Hall–Kier alpha value is -3.16. The first-order valence-corrected chi connectivity index (χ1v) is 14.2. The maximum atomic E-state index is 14.0. The molecule has 37 heavy (non-hydrogen) atoms. The van der Waals surface area contributed by atoms with E-state index in [0.29, 0.717) is 44.0 Å². The molecule has 4 N–H and O–H groups in total. The van der Waals surface area contributed by atoms with Crippen molar-refractivity contribution in [2.24, 2.45) is 0 Å². The van der Waals surface area contributed by atoms with Gasteiger partial charge in [-0.25, -0.2) is 31.5 Å². The van der Waals surface area contributed by atoms with E-state index in [1.54, 1.807) is 0 Å². The second-order valence-corrected chi connectivity index (χ2v) is 11.8. The number of ketones is 1. The van der Waals surface area contributed by atoms with Gasteiger partial charge in [0.2, 0.25) is 15.8 Å². The molecule has 0 atom stereocenters. The Morgan fingerprint density at radius 3 is 2.49 bits per heavy atom. The number of nitrogens with zero attached hydrogens (tertiary/aromatic N) is 3. The van der Waals surface area contributed by atoms with Gasteiger partial charge in [-0.15, -0.1) is 0 Å². The first kappa shape index (κ1) is 26.9. The summed E-state index contributed by atoms with van der Waals surface area (Å²) in [5, 5.41) is 6.66. The van der Waals surface area contributed by atoms with E-state index in [1.165, 1.54) is 10.4 Å². The smallest absolute Gasteiger partial charge is 0.214 e. The van der Waals surface area contributed by atoms with Gasteiger partial charge >= 0.3 is 0 Å². The molecule has 0 saturated carbocycles. The highest BCUT2D eigenvalue weighted by atomic mass is 32.2. The Morgan fingerprint density at radius 1 is 1.14 bits per heavy atom. The van der Waals surface area contributed by atoms with Crippen LogP contribution < -0.4 is 16.4 Å². The highest BCUT2D eigenvalue weighted by molar-refractivity contribution is 7.89. The zero-order valence-corrected chi connectivity index (χ0v) is 21.8. The van der Waals surface area contributed by atoms with E-state index in [1.807, 2.05) is 25.1 Å². The average Bonchev–Trinajstić information content (AvgIpc) is 3.22. The number of rotatable bonds is 10. The minimum atomic E-state index is -3.40. The number of hydrogen-bond donors (Lipinski definition) is 3. The summed E-state index contributed by atoms with van der Waals surface area (Å²) in [4.78, 5) is 21.1. The molecule has 0 amide bonds. The molecule has 1 fully saturated rings. The van der Waals surface area contributed by atoms with E-state index >= 15 is 0 Å². The van der Waals surface area contributed by atoms with E-state index in [4.69, 9.17) is 5.73 Å². The van der Waals surface area contributed by atoms with Gasteiger partial charge in [0.1, 0.15) is 28.1 Å². The molecule has 4 rings (SSSR count). The summed E-state index contributed by atoms with van der Waals surface area (Å²) in [5.41, 5.74) is 6.08. The lowest BCUT2D eigenvalue weighted by Crippen LogP contribution is -2.43. The maximum Gasteiger partial charge on any atom is 0.214 e. The molecule has 1 aliphatic heterocycles. The first-order chi connectivity index (χ1) is 17.6. The van der Waals surface area contributed by atoms with Crippen LogP contribution >= 0.6 is 11.3 Å². The SMILES string of the molecule is Cc1cccc(NCCCS(=O)(=O)N2CCC(Nc3nc(N)c(C(=O)c4c(F)cccc4F)s3)CC2)n1. The van der Waals surface area contributed by atoms with Gasteiger partial charge in [-0.05, 0) is 50.5 Å². The second-order valence-electron chi connectivity index (χ2n) is 8.74. The van der Waals surface area contributed by atoms with Crippen molar-refractivity contribution >= 4 is 43.9 Å². The van der Waals surface area contributed by atoms with Gasteiger partial charge < -0.3 is 16.4 Å². The standard InChI is InChI=1S/C24H28F2N6O3S2/c1-15-5-2-8-19(29-15)28-11-4-14-37(34,35)32-12-9-16(10-13-32)30-24-31-23(27)22(36-24)21(33)20-17(25)6-3-7-18(20)26/h2-3,5-8,16H,4,9-14,27H2,1H3,(H,28,29)(H,30,31). The second kappa shape index (κ2) is 11.5. The van der Waals surface area contributed by atoms with Crippen LogP contribution in [-0.2, 0) is 10.0 Å². The largest absolute Gasteiger partial charge is 0.382 e. The highest BCUT2D eigenvalue weighted by Gasteiger charge is 2.29. The Balaban J connectivity index is 1.27. The summed E-state index contributed by atoms with van der Waals surface area (Å²) < 4.78 is 55.1. The number of thiazole rings is 1. The van der Waals surface area contributed by atoms with Crippen LogP contribution in [0.25, 0.3) is 0 Å². The van der Waals surface area contributed by atoms with Crippen LogP contribution in [0.1, 0.15) is 40.2 Å². The molecule has 0 unspecified atom stereocenters. The topological polar surface area (TPSA) is 130 Å². The minimum Gasteiger partial charge on any atom is -0.382 e. The van der Waals surface area contributed by atoms with Crippen molar-refractivity contribution in [3.05, 3.63) is 64.2 Å². The number of nitrogens with one attached hydrogen (secondary N) is 2. The normalized spacial score (nSPS) is 15.0. The van der Waals surface area contributed by atoms with Gasteiger partial charge in [0.05, 0.1) is 11.3 Å². The number of nitrogen functional groups attached to an aromatic ring is 1. The fourth-order valence-corrected chi connectivity index (χ4v) is 6.52. The van der Waals surface area contributed by atoms with E-state index in [-0.39, 0.29) is 22.5 Å². The number of aromatic nitrogens is 2. The summed E-state index contributed by atoms with van der Waals surface area (Å²) in [7, 11) is -3.40. The first-order valence-electron chi connectivity index (χ1n) is 11.8. The molecule has 198 valence electrons. The van der Waals surface area contributed by atoms with Crippen LogP contribution in [0.3, 0.4) is 0 Å². The third kappa shape index (κ3) is 6.59. The fraction of sp³-hybridized carbons (Fsp3) is 0.375. The molecule has 0 bridgehead atoms. The molecule has 13 heteroatoms. The predicted octanol–water partition coefficient (Wildman–Crippen LogP) is 3.65. The van der Waals surface area contributed by atoms with Gasteiger partial charge in [0.15, 0.2) is 5.13 Å². The summed E-state index contributed by atoms with van der Waals surface area (Å²) in [6, 6.07) is 8.73. The van der Waals surface area contributed by atoms with Gasteiger partial charge in [0, 0.05) is 31.4 Å². The molecule has 9 nitrogen and oxygen atoms in total. The monoisotopic (exact) mass is 550 g/mol. The number of sulfonamides is 1. The number of piperidine rings is 1. The third-order valence-electron chi connectivity index (χ3n) is 6.00. The fourth-order valence-electron chi connectivity index (χ4n) is 4.08. The van der Waals surface area contributed by atoms with E-state index in [0.717, 1.165) is 35.0 Å². The zero-order valence-electron chi connectivity index (χ0n) is 20.2. The summed E-state index contributed by atoms with van der Waals surface area (Å²) >= 11 is 0.918. The lowest BCUT2D eigenvalue weighted by molar-refractivity contribution is 0.103. The van der Waals surface area contributed by atoms with E-state index < -0.39 is 33.0 Å². The molecular formula is C24H28F2N6O3S2. The third-order valence-corrected chi connectivity index (χ3v) is 8.96. The van der Waals surface area contributed by atoms with Gasteiger partial charge in [-0.2, -0.15) is 0 Å². The number of anilines is 3. The molecule has 2 aromatic heterocycles. The Morgan fingerprint density at radius 2 is 1.81 bits per heavy atom. The van der Waals surface area contributed by atoms with E-state index in [9.17, 15) is 22.0 Å². The lowest BCUT2D eigenvalue weighted by atomic mass is 10.1. The van der Waals surface area contributed by atoms with Crippen LogP contribution in [0.4, 0.5) is 25.5 Å². The van der Waals surface area contributed by atoms with Gasteiger partial charge in [-0.3, -0.25) is 4.79 Å². The van der Waals surface area contributed by atoms with Crippen molar-refractivity contribution in [2.45, 2.75) is 32.2 Å². The molecule has 0 spiro atoms. The average molecular weight is 551 g/mol. The molecule has 1 aromatic carbocycles. The van der Waals surface area contributed by atoms with Crippen molar-refractivity contribution in [2.75, 3.05) is 41.8 Å². The molecule has 1 aliphatic rings. The number of halogens is 2. The number of hydrogen-bond acceptors (Lipinski definition) is 9. The van der Waals surface area contributed by atoms with Crippen LogP contribution in [0, 0.1) is 18.6 Å². The van der Waals surface area contributed by atoms with Crippen molar-refractivity contribution in [3.8, 4) is 0 Å². The quantitative estimate of drug-likeness (QED) is 0.258. The maximum absolute atomic E-state index is 14.0. The van der Waals surface area contributed by atoms with Gasteiger partial charge in [0.25, 0.3) is 0 Å². The number of aryl methyl sites for hydroxylation is 1. The zero-order chi connectivity index (χ0) is 26.6. The number of carbonyl (C=O) groups excluding carboxylic acids is 1. The molecule has 3 aromatic rings. The van der Waals surface area contributed by atoms with E-state index in [2.05, 4.69) is 20.6 Å². The minimum absolute atomic E-state index is 0.0327. The lowest BCUT2D eigenvalue weighted by Gasteiger charge is -2.31. The molecule has 0 aliphatic carbocycles. The van der Waals surface area contributed by atoms with Gasteiger partial charge in [-0.1, -0.05) is 23.5 Å². The molecule has 0 radical (unpaired) electrons. The van der Waals surface area contributed by atoms with Crippen LogP contribution in [0.15, 0.2) is 36.4 Å². The molecule has 3 heterocycles. The Bertz CT molecular complexity index is 1350. The number of benzene rings is 1. The number of pyridine rings is 1.